The highest BCUT2D eigenvalue weighted by molar-refractivity contribution is 6.30. The number of ether oxygens (including phenoxy) is 1. The Labute approximate surface area is 124 Å². The van der Waals surface area contributed by atoms with Crippen molar-refractivity contribution >= 4 is 17.5 Å². The third kappa shape index (κ3) is 3.72. The molecule has 1 aliphatic rings. The average Bonchev–Trinajstić information content (AvgIpc) is 2.46. The topological polar surface area (TPSA) is 58.6 Å². The van der Waals surface area contributed by atoms with Gasteiger partial charge in [0, 0.05) is 18.2 Å². The molecule has 0 radical (unpaired) electrons. The van der Waals surface area contributed by atoms with Crippen LogP contribution in [0, 0.1) is 5.92 Å². The zero-order valence-electron chi connectivity index (χ0n) is 11.6. The van der Waals surface area contributed by atoms with E-state index in [9.17, 15) is 9.90 Å². The molecule has 1 saturated heterocycles. The van der Waals surface area contributed by atoms with Crippen LogP contribution < -0.4 is 5.32 Å². The van der Waals surface area contributed by atoms with Gasteiger partial charge in [0.15, 0.2) is 5.60 Å². The molecule has 0 spiro atoms. The summed E-state index contributed by atoms with van der Waals surface area (Å²) in [4.78, 5) is 12.2. The van der Waals surface area contributed by atoms with Gasteiger partial charge in [-0.2, -0.15) is 0 Å². The van der Waals surface area contributed by atoms with Crippen molar-refractivity contribution in [3.63, 3.8) is 0 Å². The number of carbonyl (C=O) groups is 1. The van der Waals surface area contributed by atoms with Gasteiger partial charge in [-0.05, 0) is 43.4 Å². The summed E-state index contributed by atoms with van der Waals surface area (Å²) in [7, 11) is 0. The van der Waals surface area contributed by atoms with Gasteiger partial charge < -0.3 is 15.2 Å². The second-order valence-corrected chi connectivity index (χ2v) is 5.81. The summed E-state index contributed by atoms with van der Waals surface area (Å²) in [6.07, 6.45) is 2.07. The van der Waals surface area contributed by atoms with Crippen LogP contribution in [-0.4, -0.2) is 30.8 Å². The summed E-state index contributed by atoms with van der Waals surface area (Å²) in [5.74, 6) is -0.0703. The van der Waals surface area contributed by atoms with Crippen molar-refractivity contribution in [2.45, 2.75) is 25.4 Å². The van der Waals surface area contributed by atoms with Crippen molar-refractivity contribution in [3.05, 3.63) is 34.9 Å². The van der Waals surface area contributed by atoms with Gasteiger partial charge in [0.1, 0.15) is 0 Å². The highest BCUT2D eigenvalue weighted by Crippen LogP contribution is 2.23. The van der Waals surface area contributed by atoms with Gasteiger partial charge in [-0.3, -0.25) is 4.79 Å². The lowest BCUT2D eigenvalue weighted by Crippen LogP contribution is -2.44. The molecule has 4 nitrogen and oxygen atoms in total. The summed E-state index contributed by atoms with van der Waals surface area (Å²) >= 11 is 5.81. The number of rotatable bonds is 4. The smallest absolute Gasteiger partial charge is 0.256 e. The molecule has 20 heavy (non-hydrogen) atoms. The Hall–Kier alpha value is -1.10. The average molecular weight is 298 g/mol. The van der Waals surface area contributed by atoms with Gasteiger partial charge in [-0.1, -0.05) is 23.7 Å². The zero-order valence-corrected chi connectivity index (χ0v) is 12.3. The summed E-state index contributed by atoms with van der Waals surface area (Å²) < 4.78 is 5.37. The summed E-state index contributed by atoms with van der Waals surface area (Å²) in [6, 6.07) is 6.64. The fourth-order valence-corrected chi connectivity index (χ4v) is 2.41. The van der Waals surface area contributed by atoms with Gasteiger partial charge in [0.25, 0.3) is 5.91 Å². The monoisotopic (exact) mass is 297 g/mol. The fraction of sp³-hybridized carbons (Fsp3) is 0.533. The highest BCUT2D eigenvalue weighted by Gasteiger charge is 2.32. The van der Waals surface area contributed by atoms with E-state index in [0.717, 1.165) is 19.4 Å². The van der Waals surface area contributed by atoms with Crippen molar-refractivity contribution in [1.82, 2.24) is 5.32 Å². The van der Waals surface area contributed by atoms with E-state index in [4.69, 9.17) is 16.3 Å². The molecule has 0 aliphatic carbocycles. The van der Waals surface area contributed by atoms with E-state index >= 15 is 0 Å². The highest BCUT2D eigenvalue weighted by atomic mass is 35.5. The van der Waals surface area contributed by atoms with Crippen LogP contribution in [0.25, 0.3) is 0 Å². The minimum Gasteiger partial charge on any atom is -0.381 e. The lowest BCUT2D eigenvalue weighted by Gasteiger charge is -2.26. The minimum absolute atomic E-state index is 0.328. The molecule has 1 aromatic rings. The molecule has 5 heteroatoms. The Balaban J connectivity index is 1.94. The molecule has 1 heterocycles. The van der Waals surface area contributed by atoms with Crippen LogP contribution in [0.5, 0.6) is 0 Å². The van der Waals surface area contributed by atoms with E-state index in [1.807, 2.05) is 0 Å². The van der Waals surface area contributed by atoms with Crippen LogP contribution >= 0.6 is 11.6 Å². The van der Waals surface area contributed by atoms with Crippen LogP contribution in [0.4, 0.5) is 0 Å². The number of hydrogen-bond donors (Lipinski definition) is 2. The van der Waals surface area contributed by atoms with Crippen LogP contribution in [-0.2, 0) is 15.1 Å². The first-order valence-corrected chi connectivity index (χ1v) is 7.22. The van der Waals surface area contributed by atoms with Crippen molar-refractivity contribution in [3.8, 4) is 0 Å². The first-order chi connectivity index (χ1) is 9.50. The third-order valence-electron chi connectivity index (χ3n) is 3.65. The number of benzene rings is 1. The van der Waals surface area contributed by atoms with Gasteiger partial charge in [-0.25, -0.2) is 0 Å². The maximum atomic E-state index is 12.2. The predicted molar refractivity (Wildman–Crippen MR) is 77.6 cm³/mol. The second kappa shape index (κ2) is 6.57. The molecule has 0 saturated carbocycles. The summed E-state index contributed by atoms with van der Waals surface area (Å²) in [5, 5.41) is 13.8. The first kappa shape index (κ1) is 15.3. The minimum atomic E-state index is -1.56. The summed E-state index contributed by atoms with van der Waals surface area (Å²) in [5.41, 5.74) is -1.03. The maximum Gasteiger partial charge on any atom is 0.256 e. The number of carbonyl (C=O) groups excluding carboxylic acids is 1. The molecular weight excluding hydrogens is 278 g/mol. The molecule has 0 bridgehead atoms. The Morgan fingerprint density at radius 2 is 2.20 bits per heavy atom. The molecule has 2 N–H and O–H groups in total. The van der Waals surface area contributed by atoms with Gasteiger partial charge in [0.2, 0.25) is 0 Å². The number of amides is 1. The SMILES string of the molecule is C[C@](O)(C(=O)NC[C@H]1CCCOC1)c1ccc(Cl)cc1. The fourth-order valence-electron chi connectivity index (χ4n) is 2.28. The van der Waals surface area contributed by atoms with Crippen LogP contribution in [0.15, 0.2) is 24.3 Å². The van der Waals surface area contributed by atoms with Crippen LogP contribution in [0.2, 0.25) is 5.02 Å². The lowest BCUT2D eigenvalue weighted by atomic mass is 9.94. The van der Waals surface area contributed by atoms with Gasteiger partial charge >= 0.3 is 0 Å². The third-order valence-corrected chi connectivity index (χ3v) is 3.91. The van der Waals surface area contributed by atoms with E-state index in [1.54, 1.807) is 24.3 Å². The Kier molecular flexibility index (Phi) is 5.02. The Morgan fingerprint density at radius 1 is 1.50 bits per heavy atom. The van der Waals surface area contributed by atoms with E-state index in [0.29, 0.717) is 29.7 Å². The molecular formula is C15H20ClNO3. The Morgan fingerprint density at radius 3 is 2.80 bits per heavy atom. The van der Waals surface area contributed by atoms with Crippen LogP contribution in [0.3, 0.4) is 0 Å². The maximum absolute atomic E-state index is 12.2. The standard InChI is InChI=1S/C15H20ClNO3/c1-15(19,12-4-6-13(16)7-5-12)14(18)17-9-11-3-2-8-20-10-11/h4-7,11,19H,2-3,8-10H2,1H3,(H,17,18)/t11-,15-/m1/s1. The van der Waals surface area contributed by atoms with Crippen molar-refractivity contribution in [1.29, 1.82) is 0 Å². The normalized spacial score (nSPS) is 22.1. The quantitative estimate of drug-likeness (QED) is 0.895. The van der Waals surface area contributed by atoms with Gasteiger partial charge in [0.05, 0.1) is 6.61 Å². The zero-order chi connectivity index (χ0) is 14.6. The van der Waals surface area contributed by atoms with Crippen molar-refractivity contribution in [2.75, 3.05) is 19.8 Å². The van der Waals surface area contributed by atoms with Crippen LogP contribution in [0.1, 0.15) is 25.3 Å². The lowest BCUT2D eigenvalue weighted by molar-refractivity contribution is -0.139. The van der Waals surface area contributed by atoms with E-state index in [1.165, 1.54) is 6.92 Å². The van der Waals surface area contributed by atoms with E-state index < -0.39 is 11.5 Å². The van der Waals surface area contributed by atoms with Crippen molar-refractivity contribution < 1.29 is 14.6 Å². The second-order valence-electron chi connectivity index (χ2n) is 5.37. The van der Waals surface area contributed by atoms with E-state index in [2.05, 4.69) is 5.32 Å². The molecule has 110 valence electrons. The number of halogens is 1. The molecule has 2 atom stereocenters. The Bertz CT molecular complexity index is 453. The molecule has 1 aliphatic heterocycles. The molecule has 1 fully saturated rings. The predicted octanol–water partition coefficient (Wildman–Crippen LogP) is 2.09. The largest absolute Gasteiger partial charge is 0.381 e. The molecule has 2 rings (SSSR count). The van der Waals surface area contributed by atoms with E-state index in [-0.39, 0.29) is 0 Å². The number of hydrogen-bond acceptors (Lipinski definition) is 3. The molecule has 0 aromatic heterocycles. The summed E-state index contributed by atoms with van der Waals surface area (Å²) in [6.45, 7) is 3.49. The first-order valence-electron chi connectivity index (χ1n) is 6.84. The number of nitrogens with one attached hydrogen (secondary N) is 1. The molecule has 0 unspecified atom stereocenters. The molecule has 1 amide bonds. The molecule has 1 aromatic carbocycles. The number of aliphatic hydroxyl groups is 1. The van der Waals surface area contributed by atoms with Gasteiger partial charge in [-0.15, -0.1) is 0 Å². The van der Waals surface area contributed by atoms with Crippen molar-refractivity contribution in [2.24, 2.45) is 5.92 Å².